The molecule has 5 nitrogen and oxygen atoms in total. The predicted molar refractivity (Wildman–Crippen MR) is 118 cm³/mol. The van der Waals surface area contributed by atoms with E-state index in [0.717, 1.165) is 38.6 Å². The van der Waals surface area contributed by atoms with Gasteiger partial charge in [0.15, 0.2) is 0 Å². The van der Waals surface area contributed by atoms with E-state index in [1.54, 1.807) is 18.2 Å². The van der Waals surface area contributed by atoms with Crippen molar-refractivity contribution in [3.8, 4) is 0 Å². The first-order valence-corrected chi connectivity index (χ1v) is 11.3. The van der Waals surface area contributed by atoms with Crippen LogP contribution >= 0.6 is 11.6 Å². The number of carbonyl (C=O) groups excluding carboxylic acids is 2. The Balaban J connectivity index is 1.46. The van der Waals surface area contributed by atoms with Crippen molar-refractivity contribution in [3.63, 3.8) is 0 Å². The lowest BCUT2D eigenvalue weighted by Crippen LogP contribution is -2.36. The minimum Gasteiger partial charge on any atom is -0.349 e. The fraction of sp³-hybridized carbons (Fsp3) is 0.565. The molecule has 0 aromatic heterocycles. The third-order valence-electron chi connectivity index (χ3n) is 5.73. The summed E-state index contributed by atoms with van der Waals surface area (Å²) in [4.78, 5) is 24.8. The Labute approximate surface area is 178 Å². The lowest BCUT2D eigenvalue weighted by molar-refractivity contribution is -0.115. The molecular weight excluding hydrogens is 386 g/mol. The Kier molecular flexibility index (Phi) is 8.56. The summed E-state index contributed by atoms with van der Waals surface area (Å²) < 4.78 is 0. The first-order valence-electron chi connectivity index (χ1n) is 10.9. The van der Waals surface area contributed by atoms with Gasteiger partial charge in [-0.1, -0.05) is 42.5 Å². The Morgan fingerprint density at radius 1 is 1.07 bits per heavy atom. The van der Waals surface area contributed by atoms with Gasteiger partial charge >= 0.3 is 0 Å². The molecule has 1 fully saturated rings. The number of halogens is 1. The Morgan fingerprint density at radius 3 is 2.66 bits per heavy atom. The molecule has 0 unspecified atom stereocenters. The third kappa shape index (κ3) is 7.16. The number of benzene rings is 1. The Bertz CT molecular complexity index is 742. The maximum absolute atomic E-state index is 12.6. The van der Waals surface area contributed by atoms with Gasteiger partial charge in [0.25, 0.3) is 5.91 Å². The van der Waals surface area contributed by atoms with Gasteiger partial charge in [-0.3, -0.25) is 9.59 Å². The summed E-state index contributed by atoms with van der Waals surface area (Å²) in [6.07, 6.45) is 13.8. The Morgan fingerprint density at radius 2 is 1.90 bits per heavy atom. The molecule has 3 rings (SSSR count). The SMILES string of the molecule is O=C(CNCCC1=CCCCC1)Nc1ccc(Cl)c(C(=O)NC2CCCCC2)c1. The largest absolute Gasteiger partial charge is 0.349 e. The average Bonchev–Trinajstić information content (AvgIpc) is 2.74. The molecule has 3 N–H and O–H groups in total. The van der Waals surface area contributed by atoms with Crippen LogP contribution in [0.4, 0.5) is 5.69 Å². The van der Waals surface area contributed by atoms with Crippen LogP contribution in [0.5, 0.6) is 0 Å². The van der Waals surface area contributed by atoms with Gasteiger partial charge in [-0.25, -0.2) is 0 Å². The number of anilines is 1. The minimum atomic E-state index is -0.170. The zero-order valence-electron chi connectivity index (χ0n) is 17.1. The summed E-state index contributed by atoms with van der Waals surface area (Å²) in [6, 6.07) is 5.26. The van der Waals surface area contributed by atoms with Gasteiger partial charge in [0.05, 0.1) is 17.1 Å². The second-order valence-corrected chi connectivity index (χ2v) is 8.49. The third-order valence-corrected chi connectivity index (χ3v) is 6.06. The zero-order valence-corrected chi connectivity index (χ0v) is 17.8. The van der Waals surface area contributed by atoms with Gasteiger partial charge in [0.2, 0.25) is 5.91 Å². The summed E-state index contributed by atoms with van der Waals surface area (Å²) in [5, 5.41) is 9.52. The van der Waals surface area contributed by atoms with Gasteiger partial charge in [-0.15, -0.1) is 0 Å². The molecule has 2 amide bonds. The number of carbonyl (C=O) groups is 2. The summed E-state index contributed by atoms with van der Waals surface area (Å²) >= 11 is 6.23. The lowest BCUT2D eigenvalue weighted by Gasteiger charge is -2.23. The van der Waals surface area contributed by atoms with Crippen molar-refractivity contribution in [2.24, 2.45) is 0 Å². The quantitative estimate of drug-likeness (QED) is 0.419. The van der Waals surface area contributed by atoms with Crippen LogP contribution in [-0.2, 0) is 4.79 Å². The molecule has 0 spiro atoms. The highest BCUT2D eigenvalue weighted by atomic mass is 35.5. The Hall–Kier alpha value is -1.85. The first kappa shape index (κ1) is 21.8. The van der Waals surface area contributed by atoms with Crippen LogP contribution in [0.15, 0.2) is 29.8 Å². The second-order valence-electron chi connectivity index (χ2n) is 8.09. The maximum atomic E-state index is 12.6. The summed E-state index contributed by atoms with van der Waals surface area (Å²) in [5.41, 5.74) is 2.49. The molecule has 0 heterocycles. The van der Waals surface area contributed by atoms with E-state index in [9.17, 15) is 9.59 Å². The number of nitrogens with one attached hydrogen (secondary N) is 3. The fourth-order valence-electron chi connectivity index (χ4n) is 4.07. The van der Waals surface area contributed by atoms with E-state index in [0.29, 0.717) is 16.3 Å². The highest BCUT2D eigenvalue weighted by molar-refractivity contribution is 6.34. The van der Waals surface area contributed by atoms with Gasteiger partial charge < -0.3 is 16.0 Å². The summed E-state index contributed by atoms with van der Waals surface area (Å²) in [6.45, 7) is 1.05. The molecule has 6 heteroatoms. The topological polar surface area (TPSA) is 70.2 Å². The van der Waals surface area contributed by atoms with E-state index in [4.69, 9.17) is 11.6 Å². The van der Waals surface area contributed by atoms with Crippen LogP contribution in [0.2, 0.25) is 5.02 Å². The molecule has 1 saturated carbocycles. The number of allylic oxidation sites excluding steroid dienone is 1. The van der Waals surface area contributed by atoms with E-state index >= 15 is 0 Å². The molecule has 0 saturated heterocycles. The highest BCUT2D eigenvalue weighted by Gasteiger charge is 2.19. The number of hydrogen-bond acceptors (Lipinski definition) is 3. The molecule has 1 aromatic rings. The van der Waals surface area contributed by atoms with Crippen LogP contribution in [0, 0.1) is 0 Å². The van der Waals surface area contributed by atoms with E-state index < -0.39 is 0 Å². The van der Waals surface area contributed by atoms with Gasteiger partial charge in [0.1, 0.15) is 0 Å². The number of rotatable bonds is 8. The van der Waals surface area contributed by atoms with Crippen LogP contribution in [-0.4, -0.2) is 30.9 Å². The standard InChI is InChI=1S/C23H32ClN3O2/c24-21-12-11-19(15-20(21)23(29)27-18-9-5-2-6-10-18)26-22(28)16-25-14-13-17-7-3-1-4-8-17/h7,11-12,15,18,25H,1-6,8-10,13-14,16H2,(H,26,28)(H,27,29). The van der Waals surface area contributed by atoms with Crippen molar-refractivity contribution in [1.29, 1.82) is 0 Å². The summed E-state index contributed by atoms with van der Waals surface area (Å²) in [7, 11) is 0. The average molecular weight is 418 g/mol. The molecule has 158 valence electrons. The van der Waals surface area contributed by atoms with Crippen molar-refractivity contribution < 1.29 is 9.59 Å². The van der Waals surface area contributed by atoms with E-state index in [-0.39, 0.29) is 24.4 Å². The van der Waals surface area contributed by atoms with E-state index in [1.807, 2.05) is 0 Å². The molecule has 0 atom stereocenters. The number of hydrogen-bond donors (Lipinski definition) is 3. The smallest absolute Gasteiger partial charge is 0.253 e. The highest BCUT2D eigenvalue weighted by Crippen LogP contribution is 2.23. The number of amides is 2. The van der Waals surface area contributed by atoms with Crippen LogP contribution in [0.3, 0.4) is 0 Å². The molecule has 29 heavy (non-hydrogen) atoms. The lowest BCUT2D eigenvalue weighted by atomic mass is 9.95. The van der Waals surface area contributed by atoms with Crippen LogP contribution in [0.1, 0.15) is 74.6 Å². The molecule has 1 aromatic carbocycles. The molecule has 0 aliphatic heterocycles. The molecule has 2 aliphatic rings. The molecule has 0 bridgehead atoms. The van der Waals surface area contributed by atoms with Gasteiger partial charge in [0, 0.05) is 11.7 Å². The van der Waals surface area contributed by atoms with Crippen LogP contribution in [0.25, 0.3) is 0 Å². The van der Waals surface area contributed by atoms with Gasteiger partial charge in [-0.05, 0) is 69.7 Å². The summed E-state index contributed by atoms with van der Waals surface area (Å²) in [5.74, 6) is -0.291. The predicted octanol–water partition coefficient (Wildman–Crippen LogP) is 4.82. The van der Waals surface area contributed by atoms with Crippen molar-refractivity contribution in [3.05, 3.63) is 40.4 Å². The normalized spacial score (nSPS) is 17.5. The van der Waals surface area contributed by atoms with Crippen molar-refractivity contribution in [1.82, 2.24) is 10.6 Å². The van der Waals surface area contributed by atoms with Gasteiger partial charge in [-0.2, -0.15) is 0 Å². The second kappa shape index (κ2) is 11.4. The molecular formula is C23H32ClN3O2. The van der Waals surface area contributed by atoms with Crippen molar-refractivity contribution in [2.75, 3.05) is 18.4 Å². The maximum Gasteiger partial charge on any atom is 0.253 e. The minimum absolute atomic E-state index is 0.122. The van der Waals surface area contributed by atoms with E-state index in [1.165, 1.54) is 37.7 Å². The molecule has 0 radical (unpaired) electrons. The van der Waals surface area contributed by atoms with Crippen molar-refractivity contribution >= 4 is 29.1 Å². The van der Waals surface area contributed by atoms with E-state index in [2.05, 4.69) is 22.0 Å². The first-order chi connectivity index (χ1) is 14.1. The monoisotopic (exact) mass is 417 g/mol. The molecule has 2 aliphatic carbocycles. The van der Waals surface area contributed by atoms with Crippen molar-refractivity contribution in [2.45, 2.75) is 70.3 Å². The van der Waals surface area contributed by atoms with Crippen LogP contribution < -0.4 is 16.0 Å². The zero-order chi connectivity index (χ0) is 20.5. The fourth-order valence-corrected chi connectivity index (χ4v) is 4.28.